The summed E-state index contributed by atoms with van der Waals surface area (Å²) in [5.74, 6) is -0.413. The van der Waals surface area contributed by atoms with E-state index < -0.39 is 23.5 Å². The maximum Gasteiger partial charge on any atom is 0.409 e. The lowest BCUT2D eigenvalue weighted by Gasteiger charge is -2.30. The second kappa shape index (κ2) is 5.63. The Morgan fingerprint density at radius 1 is 1.17 bits per heavy atom. The van der Waals surface area contributed by atoms with Crippen molar-refractivity contribution in [3.05, 3.63) is 47.0 Å². The Balaban J connectivity index is 2.04. The number of halogens is 4. The van der Waals surface area contributed by atoms with Gasteiger partial charge in [0, 0.05) is 11.6 Å². The van der Waals surface area contributed by atoms with Gasteiger partial charge in [0.05, 0.1) is 5.41 Å². The molecular weight excluding hydrogens is 341 g/mol. The third kappa shape index (κ3) is 3.08. The molecular formula is C17H16ClF3N2O. The fourth-order valence-electron chi connectivity index (χ4n) is 2.93. The van der Waals surface area contributed by atoms with E-state index in [4.69, 9.17) is 11.6 Å². The van der Waals surface area contributed by atoms with Gasteiger partial charge in [-0.15, -0.1) is 0 Å². The number of benzene rings is 2. The van der Waals surface area contributed by atoms with E-state index in [2.05, 4.69) is 5.43 Å². The Hall–Kier alpha value is -1.79. The normalized spacial score (nSPS) is 19.5. The fraction of sp³-hybridized carbons (Fsp3) is 0.353. The summed E-state index contributed by atoms with van der Waals surface area (Å²) in [4.78, 5) is 11.9. The fourth-order valence-corrected chi connectivity index (χ4v) is 3.11. The van der Waals surface area contributed by atoms with E-state index in [1.54, 1.807) is 38.1 Å². The standard InChI is InChI=1S/C17H16ClF3N2O/c1-16(2)9-23(22-15(16)24)14(17(19,20)21)12-4-3-11-8-13(18)6-5-10(11)7-12/h3-8,14H,9H2,1-2H3,(H,22,24). The van der Waals surface area contributed by atoms with Crippen LogP contribution in [0.5, 0.6) is 0 Å². The highest BCUT2D eigenvalue weighted by Gasteiger charge is 2.51. The number of hydrazine groups is 1. The quantitative estimate of drug-likeness (QED) is 0.861. The number of alkyl halides is 3. The number of nitrogens with one attached hydrogen (secondary N) is 1. The summed E-state index contributed by atoms with van der Waals surface area (Å²) in [6.45, 7) is 3.23. The monoisotopic (exact) mass is 356 g/mol. The van der Waals surface area contributed by atoms with Gasteiger partial charge in [0.1, 0.15) is 6.04 Å². The molecule has 0 radical (unpaired) electrons. The zero-order valence-corrected chi connectivity index (χ0v) is 13.9. The highest BCUT2D eigenvalue weighted by molar-refractivity contribution is 6.31. The molecule has 7 heteroatoms. The molecule has 2 aromatic rings. The first-order chi connectivity index (χ1) is 11.1. The molecule has 1 unspecified atom stereocenters. The number of fused-ring (bicyclic) bond motifs is 1. The first-order valence-corrected chi connectivity index (χ1v) is 7.79. The molecule has 1 aliphatic heterocycles. The molecule has 1 heterocycles. The van der Waals surface area contributed by atoms with Gasteiger partial charge in [-0.3, -0.25) is 10.2 Å². The van der Waals surface area contributed by atoms with Crippen LogP contribution in [0.4, 0.5) is 13.2 Å². The number of amides is 1. The van der Waals surface area contributed by atoms with Crippen LogP contribution >= 0.6 is 11.6 Å². The molecule has 24 heavy (non-hydrogen) atoms. The molecule has 1 atom stereocenters. The Labute approximate surface area is 142 Å². The van der Waals surface area contributed by atoms with Gasteiger partial charge in [0.15, 0.2) is 0 Å². The molecule has 0 aromatic heterocycles. The lowest BCUT2D eigenvalue weighted by atomic mass is 9.93. The Bertz CT molecular complexity index is 804. The van der Waals surface area contributed by atoms with Gasteiger partial charge in [0.2, 0.25) is 5.91 Å². The van der Waals surface area contributed by atoms with Crippen molar-refractivity contribution in [1.82, 2.24) is 10.4 Å². The zero-order chi connectivity index (χ0) is 17.7. The van der Waals surface area contributed by atoms with Crippen molar-refractivity contribution < 1.29 is 18.0 Å². The molecule has 1 amide bonds. The Kier molecular flexibility index (Phi) is 4.00. The van der Waals surface area contributed by atoms with Crippen LogP contribution in [-0.2, 0) is 4.79 Å². The third-order valence-corrected chi connectivity index (χ3v) is 4.42. The van der Waals surface area contributed by atoms with Crippen molar-refractivity contribution >= 4 is 28.3 Å². The largest absolute Gasteiger partial charge is 0.409 e. The predicted molar refractivity (Wildman–Crippen MR) is 86.4 cm³/mol. The number of carbonyl (C=O) groups is 1. The van der Waals surface area contributed by atoms with E-state index in [9.17, 15) is 18.0 Å². The Morgan fingerprint density at radius 2 is 1.79 bits per heavy atom. The van der Waals surface area contributed by atoms with Crippen molar-refractivity contribution in [2.24, 2.45) is 5.41 Å². The van der Waals surface area contributed by atoms with Crippen molar-refractivity contribution in [1.29, 1.82) is 0 Å². The van der Waals surface area contributed by atoms with Gasteiger partial charge >= 0.3 is 6.18 Å². The van der Waals surface area contributed by atoms with E-state index in [1.165, 1.54) is 12.1 Å². The first-order valence-electron chi connectivity index (χ1n) is 7.42. The predicted octanol–water partition coefficient (Wildman–Crippen LogP) is 4.47. The van der Waals surface area contributed by atoms with Gasteiger partial charge in [-0.2, -0.15) is 13.2 Å². The van der Waals surface area contributed by atoms with E-state index in [-0.39, 0.29) is 12.1 Å². The van der Waals surface area contributed by atoms with E-state index >= 15 is 0 Å². The topological polar surface area (TPSA) is 32.3 Å². The number of carbonyl (C=O) groups excluding carboxylic acids is 1. The lowest BCUT2D eigenvalue weighted by molar-refractivity contribution is -0.191. The molecule has 3 nitrogen and oxygen atoms in total. The summed E-state index contributed by atoms with van der Waals surface area (Å²) in [5, 5.41) is 2.92. The number of nitrogens with zero attached hydrogens (tertiary/aromatic N) is 1. The molecule has 1 N–H and O–H groups in total. The zero-order valence-electron chi connectivity index (χ0n) is 13.1. The summed E-state index contributed by atoms with van der Waals surface area (Å²) in [6, 6.07) is 7.64. The maximum atomic E-state index is 13.7. The van der Waals surface area contributed by atoms with Crippen LogP contribution in [0.3, 0.4) is 0 Å². The minimum absolute atomic E-state index is 0.0192. The van der Waals surface area contributed by atoms with E-state index in [0.717, 1.165) is 10.4 Å². The second-order valence-corrected chi connectivity index (χ2v) is 7.08. The molecule has 1 aliphatic rings. The van der Waals surface area contributed by atoms with Crippen LogP contribution in [0.1, 0.15) is 25.5 Å². The van der Waals surface area contributed by atoms with Gasteiger partial charge in [0.25, 0.3) is 0 Å². The van der Waals surface area contributed by atoms with Crippen LogP contribution in [0.2, 0.25) is 5.02 Å². The van der Waals surface area contributed by atoms with Gasteiger partial charge in [-0.1, -0.05) is 29.8 Å². The van der Waals surface area contributed by atoms with Gasteiger partial charge < -0.3 is 0 Å². The molecule has 128 valence electrons. The number of hydrogen-bond donors (Lipinski definition) is 1. The third-order valence-electron chi connectivity index (χ3n) is 4.19. The van der Waals surface area contributed by atoms with Crippen LogP contribution in [0, 0.1) is 5.41 Å². The van der Waals surface area contributed by atoms with Crippen LogP contribution in [0.25, 0.3) is 10.8 Å². The Morgan fingerprint density at radius 3 is 2.38 bits per heavy atom. The molecule has 0 saturated carbocycles. The highest BCUT2D eigenvalue weighted by atomic mass is 35.5. The SMILES string of the molecule is CC1(C)CN(C(c2ccc3cc(Cl)ccc3c2)C(F)(F)F)NC1=O. The van der Waals surface area contributed by atoms with E-state index in [1.807, 2.05) is 0 Å². The number of rotatable bonds is 2. The summed E-state index contributed by atoms with van der Waals surface area (Å²) < 4.78 is 41.1. The molecule has 3 rings (SSSR count). The summed E-state index contributed by atoms with van der Waals surface area (Å²) in [5.41, 5.74) is 1.57. The van der Waals surface area contributed by atoms with Crippen molar-refractivity contribution in [2.45, 2.75) is 26.1 Å². The summed E-state index contributed by atoms with van der Waals surface area (Å²) in [7, 11) is 0. The van der Waals surface area contributed by atoms with Crippen LogP contribution in [-0.4, -0.2) is 23.6 Å². The molecule has 0 bridgehead atoms. The summed E-state index contributed by atoms with van der Waals surface area (Å²) in [6.07, 6.45) is -4.52. The molecule has 2 aromatic carbocycles. The average molecular weight is 357 g/mol. The lowest BCUT2D eigenvalue weighted by Crippen LogP contribution is -2.43. The van der Waals surface area contributed by atoms with Gasteiger partial charge in [-0.25, -0.2) is 5.01 Å². The molecule has 0 aliphatic carbocycles. The second-order valence-electron chi connectivity index (χ2n) is 6.65. The molecule has 0 spiro atoms. The van der Waals surface area contributed by atoms with Crippen molar-refractivity contribution in [2.75, 3.05) is 6.54 Å². The minimum atomic E-state index is -4.52. The average Bonchev–Trinajstić information content (AvgIpc) is 2.71. The first kappa shape index (κ1) is 17.0. The van der Waals surface area contributed by atoms with Crippen molar-refractivity contribution in [3.8, 4) is 0 Å². The smallest absolute Gasteiger partial charge is 0.287 e. The van der Waals surface area contributed by atoms with Gasteiger partial charge in [-0.05, 0) is 48.4 Å². The summed E-state index contributed by atoms with van der Waals surface area (Å²) >= 11 is 5.91. The molecule has 1 fully saturated rings. The maximum absolute atomic E-state index is 13.7. The van der Waals surface area contributed by atoms with Crippen LogP contribution < -0.4 is 5.43 Å². The van der Waals surface area contributed by atoms with Crippen molar-refractivity contribution in [3.63, 3.8) is 0 Å². The number of hydrogen-bond acceptors (Lipinski definition) is 2. The minimum Gasteiger partial charge on any atom is -0.287 e. The molecule has 1 saturated heterocycles. The van der Waals surface area contributed by atoms with E-state index in [0.29, 0.717) is 10.4 Å². The van der Waals surface area contributed by atoms with Crippen LogP contribution in [0.15, 0.2) is 36.4 Å². The highest BCUT2D eigenvalue weighted by Crippen LogP contribution is 2.41.